The van der Waals surface area contributed by atoms with Gasteiger partial charge in [0.05, 0.1) is 0 Å². The molecule has 1 aliphatic rings. The van der Waals surface area contributed by atoms with Crippen molar-refractivity contribution in [3.05, 3.63) is 0 Å². The van der Waals surface area contributed by atoms with Crippen LogP contribution in [0.4, 0.5) is 4.79 Å². The Kier molecular flexibility index (Phi) is 4.73. The van der Waals surface area contributed by atoms with Gasteiger partial charge in [0.2, 0.25) is 0 Å². The molecule has 0 N–H and O–H groups in total. The smallest absolute Gasteiger partial charge is 0.316 e. The van der Waals surface area contributed by atoms with Crippen LogP contribution in [0, 0.1) is 5.92 Å². The van der Waals surface area contributed by atoms with Crippen LogP contribution in [-0.4, -0.2) is 23.4 Å². The third-order valence-corrected chi connectivity index (χ3v) is 3.65. The van der Waals surface area contributed by atoms with Gasteiger partial charge in [-0.1, -0.05) is 26.2 Å². The van der Waals surface area contributed by atoms with Gasteiger partial charge in [0, 0.05) is 13.1 Å². The summed E-state index contributed by atoms with van der Waals surface area (Å²) < 4.78 is 0. The molecule has 14 heavy (non-hydrogen) atoms. The largest absolute Gasteiger partial charge is 0.329 e. The van der Waals surface area contributed by atoms with Crippen molar-refractivity contribution in [3.63, 3.8) is 0 Å². The van der Waals surface area contributed by atoms with Gasteiger partial charge >= 0.3 is 5.37 Å². The molecule has 1 atom stereocenters. The Morgan fingerprint density at radius 2 is 2.00 bits per heavy atom. The van der Waals surface area contributed by atoms with E-state index in [9.17, 15) is 4.79 Å². The lowest BCUT2D eigenvalue weighted by Crippen LogP contribution is -2.39. The van der Waals surface area contributed by atoms with E-state index < -0.39 is 0 Å². The third-order valence-electron chi connectivity index (χ3n) is 3.39. The molecule has 82 valence electrons. The summed E-state index contributed by atoms with van der Waals surface area (Å²) in [5, 5.41) is -0.317. The van der Waals surface area contributed by atoms with Gasteiger partial charge in [-0.3, -0.25) is 4.79 Å². The lowest BCUT2D eigenvalue weighted by Gasteiger charge is -2.35. The predicted octanol–water partition coefficient (Wildman–Crippen LogP) is 3.64. The van der Waals surface area contributed by atoms with E-state index in [4.69, 9.17) is 11.6 Å². The van der Waals surface area contributed by atoms with E-state index >= 15 is 0 Å². The molecule has 1 amide bonds. The Morgan fingerprint density at radius 1 is 1.43 bits per heavy atom. The number of halogens is 1. The lowest BCUT2D eigenvalue weighted by atomic mass is 9.82. The number of rotatable bonds is 3. The fraction of sp³-hybridized carbons (Fsp3) is 0.909. The number of carbonyl (C=O) groups is 1. The molecule has 0 unspecified atom stereocenters. The van der Waals surface area contributed by atoms with Gasteiger partial charge in [-0.25, -0.2) is 0 Å². The first-order valence-corrected chi connectivity index (χ1v) is 5.97. The molecule has 0 aromatic rings. The molecule has 0 aromatic carbocycles. The summed E-state index contributed by atoms with van der Waals surface area (Å²) in [6.45, 7) is 2.13. The number of carbonyl (C=O) groups excluding carboxylic acids is 1. The monoisotopic (exact) mass is 217 g/mol. The van der Waals surface area contributed by atoms with Crippen molar-refractivity contribution in [1.82, 2.24) is 4.90 Å². The normalized spacial score (nSPS) is 20.5. The van der Waals surface area contributed by atoms with E-state index in [0.29, 0.717) is 12.0 Å². The summed E-state index contributed by atoms with van der Waals surface area (Å²) in [5.41, 5.74) is 0. The van der Waals surface area contributed by atoms with Crippen LogP contribution >= 0.6 is 11.6 Å². The number of nitrogens with zero attached hydrogens (tertiary/aromatic N) is 1. The van der Waals surface area contributed by atoms with Crippen molar-refractivity contribution in [3.8, 4) is 0 Å². The molecule has 1 aliphatic carbocycles. The van der Waals surface area contributed by atoms with Crippen LogP contribution in [0.3, 0.4) is 0 Å². The Bertz CT molecular complexity index is 190. The van der Waals surface area contributed by atoms with Crippen LogP contribution < -0.4 is 0 Å². The van der Waals surface area contributed by atoms with E-state index in [0.717, 1.165) is 6.42 Å². The number of hydrogen-bond donors (Lipinski definition) is 0. The minimum Gasteiger partial charge on any atom is -0.329 e. The van der Waals surface area contributed by atoms with E-state index in [1.165, 1.54) is 32.1 Å². The van der Waals surface area contributed by atoms with E-state index in [1.807, 2.05) is 7.05 Å². The molecule has 1 saturated carbocycles. The van der Waals surface area contributed by atoms with Crippen molar-refractivity contribution in [2.45, 2.75) is 51.5 Å². The minimum absolute atomic E-state index is 0.317. The number of hydrogen-bond acceptors (Lipinski definition) is 1. The summed E-state index contributed by atoms with van der Waals surface area (Å²) >= 11 is 5.51. The average Bonchev–Trinajstić information content (AvgIpc) is 2.20. The van der Waals surface area contributed by atoms with E-state index in [2.05, 4.69) is 6.92 Å². The van der Waals surface area contributed by atoms with Crippen molar-refractivity contribution < 1.29 is 4.79 Å². The highest BCUT2D eigenvalue weighted by Gasteiger charge is 2.27. The van der Waals surface area contributed by atoms with Gasteiger partial charge in [0.25, 0.3) is 0 Å². The van der Waals surface area contributed by atoms with Gasteiger partial charge in [-0.05, 0) is 36.8 Å². The molecule has 0 radical (unpaired) electrons. The molecule has 3 heteroatoms. The zero-order valence-electron chi connectivity index (χ0n) is 9.13. The van der Waals surface area contributed by atoms with Crippen LogP contribution in [0.1, 0.15) is 45.4 Å². The summed E-state index contributed by atoms with van der Waals surface area (Å²) in [5.74, 6) is 0.668. The maximum atomic E-state index is 11.1. The van der Waals surface area contributed by atoms with Gasteiger partial charge in [-0.15, -0.1) is 0 Å². The highest BCUT2D eigenvalue weighted by molar-refractivity contribution is 6.62. The van der Waals surface area contributed by atoms with Gasteiger partial charge in [-0.2, -0.15) is 0 Å². The standard InChI is InChI=1S/C11H20ClNO/c1-3-10(13(2)11(12)14)9-7-5-4-6-8-9/h9-10H,3-8H2,1-2H3/t10-/m1/s1. The molecule has 2 nitrogen and oxygen atoms in total. The highest BCUT2D eigenvalue weighted by atomic mass is 35.5. The Morgan fingerprint density at radius 3 is 2.43 bits per heavy atom. The van der Waals surface area contributed by atoms with Gasteiger partial charge in [0.1, 0.15) is 0 Å². The molecule has 0 aromatic heterocycles. The fourth-order valence-electron chi connectivity index (χ4n) is 2.57. The molecular weight excluding hydrogens is 198 g/mol. The Hall–Kier alpha value is -0.240. The summed E-state index contributed by atoms with van der Waals surface area (Å²) in [6, 6.07) is 0.347. The minimum atomic E-state index is -0.317. The first kappa shape index (κ1) is 11.8. The van der Waals surface area contributed by atoms with E-state index in [1.54, 1.807) is 4.90 Å². The molecule has 0 spiro atoms. The quantitative estimate of drug-likeness (QED) is 0.522. The van der Waals surface area contributed by atoms with E-state index in [-0.39, 0.29) is 5.37 Å². The molecule has 1 rings (SSSR count). The summed E-state index contributed by atoms with van der Waals surface area (Å²) in [6.07, 6.45) is 7.50. The molecule has 0 saturated heterocycles. The maximum Gasteiger partial charge on any atom is 0.316 e. The third kappa shape index (κ3) is 2.88. The van der Waals surface area contributed by atoms with Crippen molar-refractivity contribution >= 4 is 17.0 Å². The average molecular weight is 218 g/mol. The van der Waals surface area contributed by atoms with Crippen molar-refractivity contribution in [1.29, 1.82) is 0 Å². The zero-order valence-corrected chi connectivity index (χ0v) is 9.89. The SMILES string of the molecule is CC[C@H](C1CCCCC1)N(C)C(=O)Cl. The highest BCUT2D eigenvalue weighted by Crippen LogP contribution is 2.30. The van der Waals surface area contributed by atoms with Crippen molar-refractivity contribution in [2.75, 3.05) is 7.05 Å². The Labute approximate surface area is 91.6 Å². The molecule has 0 aliphatic heterocycles. The molecule has 1 fully saturated rings. The van der Waals surface area contributed by atoms with Crippen molar-refractivity contribution in [2.24, 2.45) is 5.92 Å². The van der Waals surface area contributed by atoms with Crippen LogP contribution in [0.25, 0.3) is 0 Å². The number of amides is 1. The van der Waals surface area contributed by atoms with Crippen LogP contribution in [-0.2, 0) is 0 Å². The second-order valence-corrected chi connectivity index (χ2v) is 4.56. The molecule has 0 bridgehead atoms. The Balaban J connectivity index is 2.55. The first-order chi connectivity index (χ1) is 6.66. The van der Waals surface area contributed by atoms with Gasteiger partial charge < -0.3 is 4.90 Å². The molecular formula is C11H20ClNO. The van der Waals surface area contributed by atoms with Crippen LogP contribution in [0.2, 0.25) is 0 Å². The zero-order chi connectivity index (χ0) is 10.6. The predicted molar refractivity (Wildman–Crippen MR) is 59.7 cm³/mol. The summed E-state index contributed by atoms with van der Waals surface area (Å²) in [4.78, 5) is 12.8. The van der Waals surface area contributed by atoms with Crippen LogP contribution in [0.5, 0.6) is 0 Å². The van der Waals surface area contributed by atoms with Crippen LogP contribution in [0.15, 0.2) is 0 Å². The summed E-state index contributed by atoms with van der Waals surface area (Å²) in [7, 11) is 1.82. The first-order valence-electron chi connectivity index (χ1n) is 5.59. The molecule has 0 heterocycles. The second kappa shape index (κ2) is 5.59. The second-order valence-electron chi connectivity index (χ2n) is 4.24. The topological polar surface area (TPSA) is 20.3 Å². The lowest BCUT2D eigenvalue weighted by molar-refractivity contribution is 0.161. The maximum absolute atomic E-state index is 11.1. The fourth-order valence-corrected chi connectivity index (χ4v) is 2.70. The van der Waals surface area contributed by atoms with Gasteiger partial charge in [0.15, 0.2) is 0 Å².